The molecule has 23 heavy (non-hydrogen) atoms. The molecule has 1 aliphatic rings. The molecular formula is C16H16N3O4-. The lowest BCUT2D eigenvalue weighted by molar-refractivity contribution is -0.312. The van der Waals surface area contributed by atoms with Gasteiger partial charge in [0, 0.05) is 43.6 Å². The van der Waals surface area contributed by atoms with E-state index in [4.69, 9.17) is 0 Å². The zero-order chi connectivity index (χ0) is 16.6. The third-order valence-corrected chi connectivity index (χ3v) is 4.32. The van der Waals surface area contributed by atoms with Gasteiger partial charge in [-0.1, -0.05) is 0 Å². The molecule has 0 bridgehead atoms. The van der Waals surface area contributed by atoms with Crippen LogP contribution in [0.2, 0.25) is 0 Å². The first-order valence-corrected chi connectivity index (χ1v) is 7.44. The van der Waals surface area contributed by atoms with Crippen molar-refractivity contribution < 1.29 is 14.7 Å². The summed E-state index contributed by atoms with van der Waals surface area (Å²) in [6, 6.07) is 5.09. The van der Waals surface area contributed by atoms with Gasteiger partial charge < -0.3 is 14.8 Å². The molecular weight excluding hydrogens is 298 g/mol. The predicted octanol–water partition coefficient (Wildman–Crippen LogP) is -0.464. The summed E-state index contributed by atoms with van der Waals surface area (Å²) in [6.45, 7) is 0.622. The lowest BCUT2D eigenvalue weighted by Gasteiger charge is -2.32. The fourth-order valence-electron chi connectivity index (χ4n) is 2.94. The van der Waals surface area contributed by atoms with Crippen LogP contribution in [0.3, 0.4) is 0 Å². The van der Waals surface area contributed by atoms with E-state index < -0.39 is 17.4 Å². The summed E-state index contributed by atoms with van der Waals surface area (Å²) in [5, 5.41) is 11.6. The third kappa shape index (κ3) is 2.69. The molecule has 1 fully saturated rings. The Hall–Kier alpha value is -2.70. The molecule has 0 aromatic carbocycles. The van der Waals surface area contributed by atoms with Crippen LogP contribution in [0.25, 0.3) is 11.0 Å². The van der Waals surface area contributed by atoms with E-state index in [0.717, 1.165) is 0 Å². The average Bonchev–Trinajstić information content (AvgIpc) is 2.57. The molecule has 0 unspecified atom stereocenters. The topological polar surface area (TPSA) is 95.3 Å². The molecule has 120 valence electrons. The number of fused-ring (bicyclic) bond motifs is 1. The second-order valence-electron chi connectivity index (χ2n) is 5.72. The van der Waals surface area contributed by atoms with Crippen molar-refractivity contribution in [1.82, 2.24) is 14.5 Å². The summed E-state index contributed by atoms with van der Waals surface area (Å²) in [7, 11) is 1.58. The van der Waals surface area contributed by atoms with E-state index in [1.165, 1.54) is 9.47 Å². The Labute approximate surface area is 132 Å². The molecule has 3 rings (SSSR count). The molecule has 0 saturated carbocycles. The second-order valence-corrected chi connectivity index (χ2v) is 5.72. The van der Waals surface area contributed by atoms with Gasteiger partial charge in [-0.3, -0.25) is 14.2 Å². The average molecular weight is 314 g/mol. The standard InChI is InChI=1S/C16H17N3O4/c1-18-13-11(3-2-6-17-13)9-12(14(18)20)15(21)19-7-4-10(5-8-19)16(22)23/h2-3,6,9-10H,4-5,7-8H2,1H3,(H,22,23)/p-1. The normalized spacial score (nSPS) is 15.8. The Morgan fingerprint density at radius 2 is 2.00 bits per heavy atom. The maximum absolute atomic E-state index is 12.6. The number of rotatable bonds is 2. The largest absolute Gasteiger partial charge is 0.550 e. The number of carboxylic acids is 1. The van der Waals surface area contributed by atoms with Crippen molar-refractivity contribution in [3.63, 3.8) is 0 Å². The van der Waals surface area contributed by atoms with E-state index in [0.29, 0.717) is 37.0 Å². The van der Waals surface area contributed by atoms with E-state index in [9.17, 15) is 19.5 Å². The van der Waals surface area contributed by atoms with E-state index in [-0.39, 0.29) is 11.5 Å². The van der Waals surface area contributed by atoms with Gasteiger partial charge in [-0.2, -0.15) is 0 Å². The van der Waals surface area contributed by atoms with Crippen molar-refractivity contribution in [3.8, 4) is 0 Å². The van der Waals surface area contributed by atoms with E-state index in [1.807, 2.05) is 0 Å². The Bertz CT molecular complexity index is 835. The van der Waals surface area contributed by atoms with Gasteiger partial charge in [0.2, 0.25) is 0 Å². The maximum Gasteiger partial charge on any atom is 0.264 e. The molecule has 0 spiro atoms. The molecule has 2 aromatic rings. The molecule has 3 heterocycles. The maximum atomic E-state index is 12.6. The van der Waals surface area contributed by atoms with Crippen LogP contribution in [0.1, 0.15) is 23.2 Å². The number of pyridine rings is 2. The van der Waals surface area contributed by atoms with Gasteiger partial charge in [0.25, 0.3) is 11.5 Å². The summed E-state index contributed by atoms with van der Waals surface area (Å²) < 4.78 is 1.36. The second kappa shape index (κ2) is 5.83. The number of hydrogen-bond acceptors (Lipinski definition) is 5. The SMILES string of the molecule is Cn1c(=O)c(C(=O)N2CCC(C(=O)[O-])CC2)cc2cccnc21. The van der Waals surface area contributed by atoms with Crippen LogP contribution in [-0.2, 0) is 11.8 Å². The number of nitrogens with zero attached hydrogens (tertiary/aromatic N) is 3. The van der Waals surface area contributed by atoms with Crippen LogP contribution in [0.15, 0.2) is 29.2 Å². The first-order chi connectivity index (χ1) is 11.0. The van der Waals surface area contributed by atoms with Gasteiger partial charge >= 0.3 is 0 Å². The fraction of sp³-hybridized carbons (Fsp3) is 0.375. The molecule has 0 atom stereocenters. The summed E-state index contributed by atoms with van der Waals surface area (Å²) in [5.74, 6) is -1.97. The number of aliphatic carboxylic acids is 1. The highest BCUT2D eigenvalue weighted by Crippen LogP contribution is 2.19. The van der Waals surface area contributed by atoms with Gasteiger partial charge in [0.15, 0.2) is 0 Å². The Morgan fingerprint density at radius 3 is 2.65 bits per heavy atom. The molecule has 2 aromatic heterocycles. The minimum absolute atomic E-state index is 0.0832. The highest BCUT2D eigenvalue weighted by Gasteiger charge is 2.26. The zero-order valence-electron chi connectivity index (χ0n) is 12.7. The number of carbonyl (C=O) groups is 2. The van der Waals surface area contributed by atoms with Gasteiger partial charge in [-0.05, 0) is 31.0 Å². The number of piperidine rings is 1. The minimum atomic E-state index is -1.08. The Kier molecular flexibility index (Phi) is 3.85. The number of hydrogen-bond donors (Lipinski definition) is 0. The monoisotopic (exact) mass is 314 g/mol. The molecule has 0 radical (unpaired) electrons. The van der Waals surface area contributed by atoms with Crippen molar-refractivity contribution in [2.75, 3.05) is 13.1 Å². The van der Waals surface area contributed by atoms with Gasteiger partial charge in [-0.25, -0.2) is 4.98 Å². The molecule has 1 saturated heterocycles. The highest BCUT2D eigenvalue weighted by molar-refractivity contribution is 5.97. The number of carboxylic acid groups (broad SMARTS) is 1. The molecule has 1 aliphatic heterocycles. The van der Waals surface area contributed by atoms with Crippen LogP contribution in [-0.4, -0.2) is 39.4 Å². The fourth-order valence-corrected chi connectivity index (χ4v) is 2.94. The summed E-state index contributed by atoms with van der Waals surface area (Å²) in [5.41, 5.74) is 0.202. The zero-order valence-corrected chi connectivity index (χ0v) is 12.7. The van der Waals surface area contributed by atoms with Crippen LogP contribution in [0.4, 0.5) is 0 Å². The van der Waals surface area contributed by atoms with Gasteiger partial charge in [0.1, 0.15) is 11.2 Å². The molecule has 0 N–H and O–H groups in total. The quantitative estimate of drug-likeness (QED) is 0.747. The third-order valence-electron chi connectivity index (χ3n) is 4.32. The number of likely N-dealkylation sites (tertiary alicyclic amines) is 1. The lowest BCUT2D eigenvalue weighted by Crippen LogP contribution is -2.45. The van der Waals surface area contributed by atoms with Crippen molar-refractivity contribution in [2.24, 2.45) is 13.0 Å². The summed E-state index contributed by atoms with van der Waals surface area (Å²) in [4.78, 5) is 41.6. The number of aromatic nitrogens is 2. The van der Waals surface area contributed by atoms with E-state index in [2.05, 4.69) is 4.98 Å². The van der Waals surface area contributed by atoms with Crippen molar-refractivity contribution in [2.45, 2.75) is 12.8 Å². The molecule has 0 aliphatic carbocycles. The van der Waals surface area contributed by atoms with Gasteiger partial charge in [-0.15, -0.1) is 0 Å². The van der Waals surface area contributed by atoms with Crippen LogP contribution < -0.4 is 10.7 Å². The Morgan fingerprint density at radius 1 is 1.30 bits per heavy atom. The first kappa shape index (κ1) is 15.2. The number of carbonyl (C=O) groups excluding carboxylic acids is 2. The summed E-state index contributed by atoms with van der Waals surface area (Å²) >= 11 is 0. The Balaban J connectivity index is 1.92. The number of aryl methyl sites for hydroxylation is 1. The smallest absolute Gasteiger partial charge is 0.264 e. The lowest BCUT2D eigenvalue weighted by atomic mass is 9.96. The van der Waals surface area contributed by atoms with Crippen molar-refractivity contribution >= 4 is 22.9 Å². The first-order valence-electron chi connectivity index (χ1n) is 7.44. The van der Waals surface area contributed by atoms with Gasteiger partial charge in [0.05, 0.1) is 0 Å². The molecule has 7 nitrogen and oxygen atoms in total. The van der Waals surface area contributed by atoms with E-state index in [1.54, 1.807) is 31.4 Å². The predicted molar refractivity (Wildman–Crippen MR) is 80.6 cm³/mol. The highest BCUT2D eigenvalue weighted by atomic mass is 16.4. The molecule has 1 amide bonds. The van der Waals surface area contributed by atoms with Crippen LogP contribution >= 0.6 is 0 Å². The summed E-state index contributed by atoms with van der Waals surface area (Å²) in [6.07, 6.45) is 2.29. The minimum Gasteiger partial charge on any atom is -0.550 e. The van der Waals surface area contributed by atoms with Crippen LogP contribution in [0.5, 0.6) is 0 Å². The van der Waals surface area contributed by atoms with Crippen molar-refractivity contribution in [1.29, 1.82) is 0 Å². The number of amides is 1. The van der Waals surface area contributed by atoms with Crippen LogP contribution in [0, 0.1) is 5.92 Å². The van der Waals surface area contributed by atoms with E-state index >= 15 is 0 Å². The van der Waals surface area contributed by atoms with Crippen molar-refractivity contribution in [3.05, 3.63) is 40.3 Å². The molecule has 7 heteroatoms.